The Hall–Kier alpha value is -0.790. The molecule has 160 valence electrons. The van der Waals surface area contributed by atoms with Gasteiger partial charge in [0.2, 0.25) is 0 Å². The molecule has 0 amide bonds. The molecule has 6 heteroatoms. The van der Waals surface area contributed by atoms with Crippen molar-refractivity contribution < 1.29 is 28.8 Å². The van der Waals surface area contributed by atoms with Gasteiger partial charge in [0.15, 0.2) is 11.6 Å². The second kappa shape index (κ2) is 8.15. The first-order chi connectivity index (χ1) is 13.2. The molecule has 0 aliphatic carbocycles. The molecular formula is C22H36O6. The van der Waals surface area contributed by atoms with E-state index in [1.807, 2.05) is 13.8 Å². The van der Waals surface area contributed by atoms with Crippen molar-refractivity contribution in [1.82, 2.24) is 0 Å². The molecule has 6 atom stereocenters. The summed E-state index contributed by atoms with van der Waals surface area (Å²) in [6.07, 6.45) is 0.952. The van der Waals surface area contributed by atoms with Crippen LogP contribution in [-0.4, -0.2) is 59.4 Å². The molecule has 0 radical (unpaired) electrons. The van der Waals surface area contributed by atoms with Gasteiger partial charge in [0.05, 0.1) is 30.5 Å². The van der Waals surface area contributed by atoms with Gasteiger partial charge in [-0.05, 0) is 38.2 Å². The molecule has 0 saturated carbocycles. The van der Waals surface area contributed by atoms with Crippen LogP contribution >= 0.6 is 0 Å². The number of Topliss-reactive ketones (excluding diaryl/α,β-unsaturated/α-hetero) is 1. The fourth-order valence-electron chi connectivity index (χ4n) is 4.98. The van der Waals surface area contributed by atoms with Crippen LogP contribution in [0, 0.1) is 5.92 Å². The van der Waals surface area contributed by atoms with Crippen molar-refractivity contribution in [2.75, 3.05) is 6.61 Å². The Bertz CT molecular complexity index is 594. The zero-order valence-corrected chi connectivity index (χ0v) is 17.9. The number of ether oxygens (including phenoxy) is 4. The van der Waals surface area contributed by atoms with E-state index in [9.17, 15) is 9.90 Å². The smallest absolute Gasteiger partial charge is 0.187 e. The summed E-state index contributed by atoms with van der Waals surface area (Å²) >= 11 is 0. The zero-order valence-electron chi connectivity index (χ0n) is 17.9. The lowest BCUT2D eigenvalue weighted by atomic mass is 9.79. The van der Waals surface area contributed by atoms with Crippen LogP contribution < -0.4 is 0 Å². The van der Waals surface area contributed by atoms with Gasteiger partial charge in [0.1, 0.15) is 12.2 Å². The standard InChI is InChI=1S/C22H36O6/c1-7-21(8-2)11-14-19(28-21)18(24)16(20(26-14)17(23)13(5)6)15-12-25-22(9-3,10-4)27-15/h14-16,18-20,24H,5,7-12H2,1-4,6H3/t14-,15?,16+,18-,19-,20?/m0/s1. The summed E-state index contributed by atoms with van der Waals surface area (Å²) in [5.41, 5.74) is 0.110. The van der Waals surface area contributed by atoms with E-state index in [1.165, 1.54) is 0 Å². The zero-order chi connectivity index (χ0) is 20.7. The molecule has 2 unspecified atom stereocenters. The van der Waals surface area contributed by atoms with E-state index in [4.69, 9.17) is 18.9 Å². The van der Waals surface area contributed by atoms with Gasteiger partial charge in [-0.2, -0.15) is 0 Å². The number of hydrogen-bond donors (Lipinski definition) is 1. The summed E-state index contributed by atoms with van der Waals surface area (Å²) in [6.45, 7) is 14.0. The highest BCUT2D eigenvalue weighted by Crippen LogP contribution is 2.47. The lowest BCUT2D eigenvalue weighted by Crippen LogP contribution is -2.59. The van der Waals surface area contributed by atoms with Crippen LogP contribution in [0.3, 0.4) is 0 Å². The maximum atomic E-state index is 12.9. The third-order valence-corrected chi connectivity index (χ3v) is 7.08. The van der Waals surface area contributed by atoms with Crippen LogP contribution in [0.1, 0.15) is 66.7 Å². The van der Waals surface area contributed by atoms with E-state index in [0.29, 0.717) is 31.4 Å². The van der Waals surface area contributed by atoms with Crippen molar-refractivity contribution >= 4 is 5.78 Å². The van der Waals surface area contributed by atoms with Gasteiger partial charge >= 0.3 is 0 Å². The largest absolute Gasteiger partial charge is 0.390 e. The van der Waals surface area contributed by atoms with E-state index in [1.54, 1.807) is 6.92 Å². The van der Waals surface area contributed by atoms with E-state index >= 15 is 0 Å². The van der Waals surface area contributed by atoms with Crippen LogP contribution in [0.15, 0.2) is 12.2 Å². The number of carbonyl (C=O) groups excluding carboxylic acids is 1. The molecule has 3 aliphatic heterocycles. The molecule has 0 aromatic rings. The molecule has 3 aliphatic rings. The topological polar surface area (TPSA) is 74.2 Å². The minimum absolute atomic E-state index is 0.179. The van der Waals surface area contributed by atoms with Crippen LogP contribution in [0.2, 0.25) is 0 Å². The third-order valence-electron chi connectivity index (χ3n) is 7.08. The number of ketones is 1. The predicted octanol–water partition coefficient (Wildman–Crippen LogP) is 3.16. The first kappa shape index (κ1) is 21.9. The first-order valence-electron chi connectivity index (χ1n) is 10.8. The summed E-state index contributed by atoms with van der Waals surface area (Å²) in [4.78, 5) is 12.9. The molecule has 6 nitrogen and oxygen atoms in total. The van der Waals surface area contributed by atoms with Crippen LogP contribution in [0.25, 0.3) is 0 Å². The number of aliphatic hydroxyl groups is 1. The lowest BCUT2D eigenvalue weighted by Gasteiger charge is -2.43. The second-order valence-electron chi connectivity index (χ2n) is 8.57. The summed E-state index contributed by atoms with van der Waals surface area (Å²) in [5, 5.41) is 11.3. The van der Waals surface area contributed by atoms with E-state index in [0.717, 1.165) is 12.8 Å². The summed E-state index contributed by atoms with van der Waals surface area (Å²) in [5.74, 6) is -1.39. The van der Waals surface area contributed by atoms with E-state index < -0.39 is 36.1 Å². The molecular weight excluding hydrogens is 360 g/mol. The minimum atomic E-state index is -0.856. The Balaban J connectivity index is 1.90. The Labute approximate surface area is 168 Å². The SMILES string of the molecule is C=C(C)C(=O)C1O[C@H]2CC(CC)(CC)O[C@@H]2[C@@H](O)[C@H]1C1COC(CC)(CC)O1. The maximum Gasteiger partial charge on any atom is 0.187 e. The average molecular weight is 397 g/mol. The quantitative estimate of drug-likeness (QED) is 0.667. The molecule has 0 aromatic carbocycles. The average Bonchev–Trinajstić information content (AvgIpc) is 3.30. The van der Waals surface area contributed by atoms with Crippen molar-refractivity contribution in [2.24, 2.45) is 5.92 Å². The predicted molar refractivity (Wildman–Crippen MR) is 105 cm³/mol. The lowest BCUT2D eigenvalue weighted by molar-refractivity contribution is -0.229. The van der Waals surface area contributed by atoms with Gasteiger partial charge in [0, 0.05) is 12.3 Å². The number of hydrogen-bond acceptors (Lipinski definition) is 6. The molecule has 3 heterocycles. The van der Waals surface area contributed by atoms with Crippen molar-refractivity contribution in [3.63, 3.8) is 0 Å². The van der Waals surface area contributed by atoms with Crippen molar-refractivity contribution in [2.45, 2.75) is 109 Å². The number of aliphatic hydroxyl groups excluding tert-OH is 1. The summed E-state index contributed by atoms with van der Waals surface area (Å²) < 4.78 is 24.9. The molecule has 3 saturated heterocycles. The molecule has 0 spiro atoms. The Morgan fingerprint density at radius 3 is 2.21 bits per heavy atom. The minimum Gasteiger partial charge on any atom is -0.390 e. The molecule has 0 bridgehead atoms. The van der Waals surface area contributed by atoms with Gasteiger partial charge in [0.25, 0.3) is 0 Å². The molecule has 3 fully saturated rings. The highest BCUT2D eigenvalue weighted by atomic mass is 16.7. The normalized spacial score (nSPS) is 38.9. The molecule has 0 aromatic heterocycles. The third kappa shape index (κ3) is 3.58. The number of fused-ring (bicyclic) bond motifs is 1. The highest BCUT2D eigenvalue weighted by Gasteiger charge is 2.59. The molecule has 1 N–H and O–H groups in total. The second-order valence-corrected chi connectivity index (χ2v) is 8.57. The fraction of sp³-hybridized carbons (Fsp3) is 0.864. The Kier molecular flexibility index (Phi) is 6.38. The fourth-order valence-corrected chi connectivity index (χ4v) is 4.98. The van der Waals surface area contributed by atoms with Crippen molar-refractivity contribution in [3.8, 4) is 0 Å². The van der Waals surface area contributed by atoms with E-state index in [2.05, 4.69) is 20.4 Å². The number of rotatable bonds is 7. The molecule has 3 rings (SSSR count). The maximum absolute atomic E-state index is 12.9. The molecule has 28 heavy (non-hydrogen) atoms. The monoisotopic (exact) mass is 396 g/mol. The Morgan fingerprint density at radius 1 is 1.07 bits per heavy atom. The van der Waals surface area contributed by atoms with Gasteiger partial charge < -0.3 is 24.1 Å². The number of carbonyl (C=O) groups is 1. The van der Waals surface area contributed by atoms with Gasteiger partial charge in [-0.25, -0.2) is 0 Å². The summed E-state index contributed by atoms with van der Waals surface area (Å²) in [7, 11) is 0. The van der Waals surface area contributed by atoms with Gasteiger partial charge in [-0.1, -0.05) is 34.3 Å². The van der Waals surface area contributed by atoms with Crippen molar-refractivity contribution in [1.29, 1.82) is 0 Å². The van der Waals surface area contributed by atoms with E-state index in [-0.39, 0.29) is 17.5 Å². The van der Waals surface area contributed by atoms with Crippen molar-refractivity contribution in [3.05, 3.63) is 12.2 Å². The van der Waals surface area contributed by atoms with Crippen LogP contribution in [0.4, 0.5) is 0 Å². The highest BCUT2D eigenvalue weighted by molar-refractivity contribution is 5.98. The Morgan fingerprint density at radius 2 is 1.71 bits per heavy atom. The summed E-state index contributed by atoms with van der Waals surface area (Å²) in [6, 6.07) is 0. The van der Waals surface area contributed by atoms with Gasteiger partial charge in [-0.3, -0.25) is 4.79 Å². The van der Waals surface area contributed by atoms with Crippen LogP contribution in [-0.2, 0) is 23.7 Å². The first-order valence-corrected chi connectivity index (χ1v) is 10.8. The van der Waals surface area contributed by atoms with Crippen LogP contribution in [0.5, 0.6) is 0 Å². The van der Waals surface area contributed by atoms with Gasteiger partial charge in [-0.15, -0.1) is 0 Å².